The molecule has 1 saturated heterocycles. The van der Waals surface area contributed by atoms with Crippen LogP contribution in [0.3, 0.4) is 0 Å². The third-order valence-electron chi connectivity index (χ3n) is 4.72. The number of ether oxygens (including phenoxy) is 2. The fraction of sp³-hybridized carbons (Fsp3) is 0.300. The van der Waals surface area contributed by atoms with Crippen LogP contribution in [0.5, 0.6) is 5.75 Å². The molecule has 0 amide bonds. The number of halogens is 2. The lowest BCUT2D eigenvalue weighted by Gasteiger charge is -2.26. The van der Waals surface area contributed by atoms with Gasteiger partial charge in [0.15, 0.2) is 0 Å². The Bertz CT molecular complexity index is 966. The van der Waals surface area contributed by atoms with Crippen molar-refractivity contribution in [2.75, 3.05) is 50.5 Å². The lowest BCUT2D eigenvalue weighted by molar-refractivity contribution is 0.0322. The summed E-state index contributed by atoms with van der Waals surface area (Å²) >= 11 is 13.0. The van der Waals surface area contributed by atoms with E-state index in [0.717, 1.165) is 49.7 Å². The summed E-state index contributed by atoms with van der Waals surface area (Å²) in [6, 6.07) is 11.3. The van der Waals surface area contributed by atoms with Gasteiger partial charge in [-0.15, -0.1) is 5.10 Å². The molecule has 2 heterocycles. The summed E-state index contributed by atoms with van der Waals surface area (Å²) in [4.78, 5) is 6.33. The van der Waals surface area contributed by atoms with Crippen molar-refractivity contribution in [3.05, 3.63) is 46.4 Å². The van der Waals surface area contributed by atoms with Crippen molar-refractivity contribution in [1.82, 2.24) is 20.1 Å². The Balaban J connectivity index is 1.40. The number of rotatable bonds is 7. The molecule has 158 valence electrons. The van der Waals surface area contributed by atoms with Crippen LogP contribution in [0.1, 0.15) is 0 Å². The second-order valence-corrected chi connectivity index (χ2v) is 7.63. The highest BCUT2D eigenvalue weighted by molar-refractivity contribution is 6.39. The number of hydrogen-bond acceptors (Lipinski definition) is 7. The predicted octanol–water partition coefficient (Wildman–Crippen LogP) is 3.82. The molecule has 0 radical (unpaired) electrons. The van der Waals surface area contributed by atoms with E-state index in [9.17, 15) is 0 Å². The van der Waals surface area contributed by atoms with Crippen molar-refractivity contribution >= 4 is 40.8 Å². The number of H-pyrrole nitrogens is 1. The maximum absolute atomic E-state index is 6.51. The van der Waals surface area contributed by atoms with E-state index in [1.165, 1.54) is 0 Å². The number of nitrogens with zero attached hydrogens (tertiary/aromatic N) is 3. The third-order valence-corrected chi connectivity index (χ3v) is 5.32. The standard InChI is InChI=1S/C20H22Cl2N6O2/c21-16-11-14(24-20-25-19(23)26-27-20)12-17(22)18(16)13-1-3-15(4-2-13)30-10-7-28-5-8-29-9-6-28/h1-4,11-12H,5-10H2,(H4,23,24,25,26,27). The van der Waals surface area contributed by atoms with Crippen molar-refractivity contribution in [3.8, 4) is 16.9 Å². The highest BCUT2D eigenvalue weighted by Gasteiger charge is 2.13. The van der Waals surface area contributed by atoms with Crippen LogP contribution in [-0.2, 0) is 4.74 Å². The van der Waals surface area contributed by atoms with Gasteiger partial charge in [-0.05, 0) is 29.8 Å². The van der Waals surface area contributed by atoms with Gasteiger partial charge in [0, 0.05) is 30.9 Å². The molecule has 1 aromatic heterocycles. The van der Waals surface area contributed by atoms with Gasteiger partial charge in [0.25, 0.3) is 0 Å². The molecule has 4 N–H and O–H groups in total. The highest BCUT2D eigenvalue weighted by atomic mass is 35.5. The quantitative estimate of drug-likeness (QED) is 0.504. The van der Waals surface area contributed by atoms with Gasteiger partial charge >= 0.3 is 0 Å². The lowest BCUT2D eigenvalue weighted by atomic mass is 10.0. The van der Waals surface area contributed by atoms with E-state index in [2.05, 4.69) is 25.4 Å². The molecule has 0 unspecified atom stereocenters. The molecule has 0 saturated carbocycles. The van der Waals surface area contributed by atoms with E-state index in [0.29, 0.717) is 28.3 Å². The number of anilines is 3. The zero-order valence-corrected chi connectivity index (χ0v) is 17.7. The van der Waals surface area contributed by atoms with Gasteiger partial charge in [-0.3, -0.25) is 4.90 Å². The molecular formula is C20H22Cl2N6O2. The number of hydrogen-bond donors (Lipinski definition) is 3. The maximum Gasteiger partial charge on any atom is 0.248 e. The number of aromatic nitrogens is 3. The molecule has 10 heteroatoms. The SMILES string of the molecule is Nc1nc(Nc2cc(Cl)c(-c3ccc(OCCN4CCOCC4)cc3)c(Cl)c2)n[nH]1. The Morgan fingerprint density at radius 3 is 2.47 bits per heavy atom. The number of aromatic amines is 1. The fourth-order valence-electron chi connectivity index (χ4n) is 3.22. The van der Waals surface area contributed by atoms with Crippen LogP contribution in [0, 0.1) is 0 Å². The smallest absolute Gasteiger partial charge is 0.248 e. The summed E-state index contributed by atoms with van der Waals surface area (Å²) in [5.74, 6) is 1.37. The van der Waals surface area contributed by atoms with E-state index in [4.69, 9.17) is 38.4 Å². The minimum atomic E-state index is 0.221. The first-order chi connectivity index (χ1) is 14.6. The highest BCUT2D eigenvalue weighted by Crippen LogP contribution is 2.38. The first kappa shape index (κ1) is 20.7. The van der Waals surface area contributed by atoms with Crippen LogP contribution in [0.15, 0.2) is 36.4 Å². The summed E-state index contributed by atoms with van der Waals surface area (Å²) in [5.41, 5.74) is 7.85. The Hall–Kier alpha value is -2.52. The van der Waals surface area contributed by atoms with E-state index >= 15 is 0 Å². The molecule has 4 rings (SSSR count). The number of benzene rings is 2. The van der Waals surface area contributed by atoms with Crippen LogP contribution in [0.2, 0.25) is 10.0 Å². The molecule has 0 atom stereocenters. The predicted molar refractivity (Wildman–Crippen MR) is 119 cm³/mol. The van der Waals surface area contributed by atoms with Crippen molar-refractivity contribution in [2.24, 2.45) is 0 Å². The average Bonchev–Trinajstić information content (AvgIpc) is 3.14. The average molecular weight is 449 g/mol. The number of nitrogen functional groups attached to an aromatic ring is 1. The number of morpholine rings is 1. The van der Waals surface area contributed by atoms with E-state index in [1.54, 1.807) is 12.1 Å². The van der Waals surface area contributed by atoms with Gasteiger partial charge in [0.05, 0.1) is 23.3 Å². The lowest BCUT2D eigenvalue weighted by Crippen LogP contribution is -2.38. The van der Waals surface area contributed by atoms with Gasteiger partial charge in [-0.1, -0.05) is 35.3 Å². The molecule has 30 heavy (non-hydrogen) atoms. The Morgan fingerprint density at radius 2 is 1.83 bits per heavy atom. The zero-order valence-electron chi connectivity index (χ0n) is 16.2. The molecular weight excluding hydrogens is 427 g/mol. The molecule has 3 aromatic rings. The minimum absolute atomic E-state index is 0.221. The van der Waals surface area contributed by atoms with Crippen LogP contribution < -0.4 is 15.8 Å². The summed E-state index contributed by atoms with van der Waals surface area (Å²) in [6.45, 7) is 5.00. The summed E-state index contributed by atoms with van der Waals surface area (Å²) in [7, 11) is 0. The normalized spacial score (nSPS) is 14.6. The largest absolute Gasteiger partial charge is 0.492 e. The molecule has 8 nitrogen and oxygen atoms in total. The Morgan fingerprint density at radius 1 is 1.13 bits per heavy atom. The molecule has 0 bridgehead atoms. The van der Waals surface area contributed by atoms with E-state index < -0.39 is 0 Å². The van der Waals surface area contributed by atoms with E-state index in [1.807, 2.05) is 24.3 Å². The topological polar surface area (TPSA) is 101 Å². The van der Waals surface area contributed by atoms with Gasteiger partial charge in [-0.25, -0.2) is 5.10 Å². The van der Waals surface area contributed by atoms with E-state index in [-0.39, 0.29) is 5.95 Å². The zero-order chi connectivity index (χ0) is 20.9. The van der Waals surface area contributed by atoms with Crippen molar-refractivity contribution in [2.45, 2.75) is 0 Å². The van der Waals surface area contributed by atoms with Gasteiger partial charge in [0.2, 0.25) is 11.9 Å². The minimum Gasteiger partial charge on any atom is -0.492 e. The number of nitrogens with two attached hydrogens (primary N) is 1. The third kappa shape index (κ3) is 5.14. The second kappa shape index (κ2) is 9.53. The summed E-state index contributed by atoms with van der Waals surface area (Å²) in [5, 5.41) is 10.5. The molecule has 2 aromatic carbocycles. The van der Waals surface area contributed by atoms with Crippen LogP contribution in [-0.4, -0.2) is 59.5 Å². The molecule has 0 spiro atoms. The fourth-order valence-corrected chi connectivity index (χ4v) is 3.92. The molecule has 1 fully saturated rings. The maximum atomic E-state index is 6.51. The van der Waals surface area contributed by atoms with Gasteiger partial charge in [-0.2, -0.15) is 4.98 Å². The molecule has 1 aliphatic rings. The van der Waals surface area contributed by atoms with Crippen LogP contribution in [0.4, 0.5) is 17.6 Å². The first-order valence-corrected chi connectivity index (χ1v) is 10.3. The number of nitrogens with one attached hydrogen (secondary N) is 2. The Kier molecular flexibility index (Phi) is 6.59. The van der Waals surface area contributed by atoms with Gasteiger partial charge in [0.1, 0.15) is 12.4 Å². The molecule has 0 aliphatic carbocycles. The second-order valence-electron chi connectivity index (χ2n) is 6.81. The summed E-state index contributed by atoms with van der Waals surface area (Å²) in [6.07, 6.45) is 0. The van der Waals surface area contributed by atoms with Crippen molar-refractivity contribution < 1.29 is 9.47 Å². The Labute approximate surface area is 184 Å². The van der Waals surface area contributed by atoms with Crippen LogP contribution >= 0.6 is 23.2 Å². The summed E-state index contributed by atoms with van der Waals surface area (Å²) < 4.78 is 11.2. The van der Waals surface area contributed by atoms with Crippen LogP contribution in [0.25, 0.3) is 11.1 Å². The van der Waals surface area contributed by atoms with Gasteiger partial charge < -0.3 is 20.5 Å². The monoisotopic (exact) mass is 448 g/mol. The van der Waals surface area contributed by atoms with Crippen molar-refractivity contribution in [3.63, 3.8) is 0 Å². The first-order valence-electron chi connectivity index (χ1n) is 9.56. The van der Waals surface area contributed by atoms with Crippen molar-refractivity contribution in [1.29, 1.82) is 0 Å². The molecule has 1 aliphatic heterocycles.